The van der Waals surface area contributed by atoms with Crippen LogP contribution < -0.4 is 0 Å². The van der Waals surface area contributed by atoms with E-state index in [0.717, 1.165) is 0 Å². The molecule has 10 heavy (non-hydrogen) atoms. The van der Waals surface area contributed by atoms with Crippen LogP contribution in [0.1, 0.15) is 27.7 Å². The van der Waals surface area contributed by atoms with Gasteiger partial charge in [-0.05, 0) is 18.1 Å². The molecule has 0 aliphatic carbocycles. The molecule has 0 aliphatic rings. The molecule has 0 saturated carbocycles. The second-order valence-corrected chi connectivity index (χ2v) is 2.11. The largest absolute Gasteiger partial charge is 0.135 e. The van der Waals surface area contributed by atoms with Crippen molar-refractivity contribution in [2.45, 2.75) is 27.7 Å². The minimum atomic E-state index is 1.18. The monoisotopic (exact) mass is 160 g/mol. The number of thioether (sulfide) groups is 1. The molecular weight excluding hydrogens is 140 g/mol. The Balaban J connectivity index is -0.000000105. The van der Waals surface area contributed by atoms with Crippen molar-refractivity contribution < 1.29 is 0 Å². The number of allylic oxidation sites excluding steroid dienone is 1. The fraction of sp³-hybridized carbons (Fsp3) is 0.556. The van der Waals surface area contributed by atoms with E-state index in [1.54, 1.807) is 0 Å². The van der Waals surface area contributed by atoms with Gasteiger partial charge in [0.15, 0.2) is 0 Å². The summed E-state index contributed by atoms with van der Waals surface area (Å²) < 4.78 is 0. The second-order valence-electron chi connectivity index (χ2n) is 0.925. The van der Waals surface area contributed by atoms with Crippen molar-refractivity contribution in [3.63, 3.8) is 0 Å². The van der Waals surface area contributed by atoms with Crippen LogP contribution in [0, 0.1) is 0 Å². The molecule has 0 amide bonds. The Morgan fingerprint density at radius 1 is 1.30 bits per heavy atom. The molecule has 0 heterocycles. The van der Waals surface area contributed by atoms with Gasteiger partial charge in [-0.15, -0.1) is 24.9 Å². The van der Waals surface area contributed by atoms with Gasteiger partial charge in [-0.25, -0.2) is 0 Å². The van der Waals surface area contributed by atoms with Crippen molar-refractivity contribution in [3.05, 3.63) is 24.6 Å². The van der Waals surface area contributed by atoms with E-state index in [4.69, 9.17) is 0 Å². The smallest absolute Gasteiger partial charge is 0.00546 e. The van der Waals surface area contributed by atoms with E-state index in [0.29, 0.717) is 0 Å². The van der Waals surface area contributed by atoms with Gasteiger partial charge >= 0.3 is 0 Å². The van der Waals surface area contributed by atoms with E-state index < -0.39 is 0 Å². The molecule has 0 rings (SSSR count). The first-order valence-corrected chi connectivity index (χ1v) is 4.69. The summed E-state index contributed by atoms with van der Waals surface area (Å²) in [5, 5.41) is 2.10. The van der Waals surface area contributed by atoms with E-state index in [2.05, 4.69) is 25.5 Å². The lowest BCUT2D eigenvalue weighted by atomic mass is 10.8. The SMILES string of the molecule is C/C=C\SCC.C=C.CC. The molecule has 0 spiro atoms. The van der Waals surface area contributed by atoms with Crippen molar-refractivity contribution in [1.82, 2.24) is 0 Å². The van der Waals surface area contributed by atoms with Crippen LogP contribution >= 0.6 is 11.8 Å². The highest BCUT2D eigenvalue weighted by molar-refractivity contribution is 8.02. The Hall–Kier alpha value is -0.170. The summed E-state index contributed by atoms with van der Waals surface area (Å²) in [6.45, 7) is 14.2. The Morgan fingerprint density at radius 2 is 1.70 bits per heavy atom. The molecular formula is C9H20S. The van der Waals surface area contributed by atoms with Gasteiger partial charge in [-0.1, -0.05) is 26.8 Å². The van der Waals surface area contributed by atoms with E-state index >= 15 is 0 Å². The topological polar surface area (TPSA) is 0 Å². The summed E-state index contributed by atoms with van der Waals surface area (Å²) in [7, 11) is 0. The average Bonchev–Trinajstić information content (AvgIpc) is 2.08. The molecule has 0 saturated heterocycles. The van der Waals surface area contributed by atoms with Crippen LogP contribution in [-0.2, 0) is 0 Å². The molecule has 0 radical (unpaired) electrons. The van der Waals surface area contributed by atoms with Crippen molar-refractivity contribution >= 4 is 11.8 Å². The fourth-order valence-corrected chi connectivity index (χ4v) is 0.577. The Labute approximate surface area is 70.4 Å². The van der Waals surface area contributed by atoms with E-state index in [9.17, 15) is 0 Å². The normalized spacial score (nSPS) is 7.20. The van der Waals surface area contributed by atoms with Crippen molar-refractivity contribution in [3.8, 4) is 0 Å². The Bertz CT molecular complexity index is 48.7. The summed E-state index contributed by atoms with van der Waals surface area (Å²) in [5.41, 5.74) is 0. The summed E-state index contributed by atoms with van der Waals surface area (Å²) in [5.74, 6) is 1.18. The molecule has 0 aliphatic heterocycles. The van der Waals surface area contributed by atoms with Crippen LogP contribution in [0.3, 0.4) is 0 Å². The lowest BCUT2D eigenvalue weighted by molar-refractivity contribution is 1.50. The van der Waals surface area contributed by atoms with E-state index in [1.807, 2.05) is 38.6 Å². The third kappa shape index (κ3) is 45.6. The molecule has 0 bridgehead atoms. The fourth-order valence-electron chi connectivity index (χ4n) is 0.192. The first kappa shape index (κ1) is 16.4. The van der Waals surface area contributed by atoms with Gasteiger partial charge < -0.3 is 0 Å². The van der Waals surface area contributed by atoms with Crippen LogP contribution in [0.25, 0.3) is 0 Å². The standard InChI is InChI=1S/C5H10S.C2H6.C2H4/c1-3-5-6-4-2;2*1-2/h3,5H,4H2,1-2H3;1-2H3;1-2H2/b5-3-;;. The van der Waals surface area contributed by atoms with Crippen molar-refractivity contribution in [2.75, 3.05) is 5.75 Å². The van der Waals surface area contributed by atoms with E-state index in [1.165, 1.54) is 5.75 Å². The van der Waals surface area contributed by atoms with Crippen LogP contribution in [-0.4, -0.2) is 5.75 Å². The van der Waals surface area contributed by atoms with E-state index in [-0.39, 0.29) is 0 Å². The third-order valence-electron chi connectivity index (χ3n) is 0.399. The number of hydrogen-bond donors (Lipinski definition) is 0. The Morgan fingerprint density at radius 3 is 1.80 bits per heavy atom. The van der Waals surface area contributed by atoms with Crippen LogP contribution in [0.2, 0.25) is 0 Å². The Kier molecular flexibility index (Phi) is 60.6. The van der Waals surface area contributed by atoms with Crippen LogP contribution in [0.4, 0.5) is 0 Å². The maximum Gasteiger partial charge on any atom is -0.00546 e. The molecule has 1 heteroatoms. The van der Waals surface area contributed by atoms with Gasteiger partial charge in [0, 0.05) is 0 Å². The lowest BCUT2D eigenvalue weighted by Crippen LogP contribution is -1.53. The molecule has 0 atom stereocenters. The highest BCUT2D eigenvalue weighted by atomic mass is 32.2. The highest BCUT2D eigenvalue weighted by Gasteiger charge is 1.64. The molecule has 0 unspecified atom stereocenters. The summed E-state index contributed by atoms with van der Waals surface area (Å²) in [4.78, 5) is 0. The highest BCUT2D eigenvalue weighted by Crippen LogP contribution is 1.97. The van der Waals surface area contributed by atoms with Gasteiger partial charge in [-0.3, -0.25) is 0 Å². The van der Waals surface area contributed by atoms with Crippen LogP contribution in [0.5, 0.6) is 0 Å². The molecule has 0 nitrogen and oxygen atoms in total. The van der Waals surface area contributed by atoms with Gasteiger partial charge in [0.05, 0.1) is 0 Å². The molecule has 0 aromatic rings. The van der Waals surface area contributed by atoms with Gasteiger partial charge in [-0.2, -0.15) is 0 Å². The first-order chi connectivity index (χ1) is 4.91. The van der Waals surface area contributed by atoms with Crippen LogP contribution in [0.15, 0.2) is 24.6 Å². The third-order valence-corrected chi connectivity index (χ3v) is 1.20. The second kappa shape index (κ2) is 36.9. The van der Waals surface area contributed by atoms with Gasteiger partial charge in [0.1, 0.15) is 0 Å². The quantitative estimate of drug-likeness (QED) is 0.548. The number of rotatable bonds is 2. The molecule has 0 aromatic carbocycles. The average molecular weight is 160 g/mol. The predicted octanol–water partition coefficient (Wildman–Crippen LogP) is 4.10. The lowest BCUT2D eigenvalue weighted by Gasteiger charge is -1.77. The predicted molar refractivity (Wildman–Crippen MR) is 55.5 cm³/mol. The summed E-state index contributed by atoms with van der Waals surface area (Å²) >= 11 is 1.83. The zero-order valence-corrected chi connectivity index (χ0v) is 8.50. The number of hydrogen-bond acceptors (Lipinski definition) is 1. The summed E-state index contributed by atoms with van der Waals surface area (Å²) in [6, 6.07) is 0. The van der Waals surface area contributed by atoms with Gasteiger partial charge in [0.25, 0.3) is 0 Å². The molecule has 0 N–H and O–H groups in total. The molecule has 0 fully saturated rings. The maximum atomic E-state index is 3.00. The van der Waals surface area contributed by atoms with Crippen molar-refractivity contribution in [2.24, 2.45) is 0 Å². The minimum absolute atomic E-state index is 1.18. The molecule has 62 valence electrons. The van der Waals surface area contributed by atoms with Gasteiger partial charge in [0.2, 0.25) is 0 Å². The zero-order valence-electron chi connectivity index (χ0n) is 7.68. The first-order valence-electron chi connectivity index (χ1n) is 3.64. The maximum absolute atomic E-state index is 3.00. The zero-order chi connectivity index (χ0) is 8.83. The minimum Gasteiger partial charge on any atom is -0.135 e. The molecule has 0 aromatic heterocycles. The van der Waals surface area contributed by atoms with Crippen molar-refractivity contribution in [1.29, 1.82) is 0 Å². The summed E-state index contributed by atoms with van der Waals surface area (Å²) in [6.07, 6.45) is 2.05.